The highest BCUT2D eigenvalue weighted by molar-refractivity contribution is 7.89. The van der Waals surface area contributed by atoms with Gasteiger partial charge < -0.3 is 9.47 Å². The van der Waals surface area contributed by atoms with Gasteiger partial charge in [0.2, 0.25) is 10.0 Å². The van der Waals surface area contributed by atoms with E-state index >= 15 is 0 Å². The predicted octanol–water partition coefficient (Wildman–Crippen LogP) is 0.899. The van der Waals surface area contributed by atoms with Crippen molar-refractivity contribution in [3.63, 3.8) is 0 Å². The fourth-order valence-electron chi connectivity index (χ4n) is 2.21. The van der Waals surface area contributed by atoms with E-state index in [1.54, 1.807) is 25.4 Å². The molecule has 0 spiro atoms. The van der Waals surface area contributed by atoms with Gasteiger partial charge in [-0.25, -0.2) is 8.42 Å². The Hall–Kier alpha value is -1.18. The summed E-state index contributed by atoms with van der Waals surface area (Å²) in [5, 5.41) is -0.537. The molecule has 0 bridgehead atoms. The Morgan fingerprint density at radius 3 is 3.00 bits per heavy atom. The van der Waals surface area contributed by atoms with Gasteiger partial charge in [-0.2, -0.15) is 4.31 Å². The highest BCUT2D eigenvalue weighted by Crippen LogP contribution is 2.21. The SMILES string of the molecule is COC[C@H](C)S(=O)(=O)N1CC[C@@H](Oc2cccnc2)C1. The van der Waals surface area contributed by atoms with Crippen LogP contribution in [0.2, 0.25) is 0 Å². The van der Waals surface area contributed by atoms with E-state index in [4.69, 9.17) is 9.47 Å². The zero-order valence-electron chi connectivity index (χ0n) is 11.7. The minimum atomic E-state index is -3.31. The van der Waals surface area contributed by atoms with Crippen molar-refractivity contribution in [1.29, 1.82) is 0 Å². The number of aromatic nitrogens is 1. The van der Waals surface area contributed by atoms with Gasteiger partial charge in [-0.1, -0.05) is 0 Å². The van der Waals surface area contributed by atoms with Gasteiger partial charge in [0.1, 0.15) is 11.9 Å². The molecule has 7 heteroatoms. The fraction of sp³-hybridized carbons (Fsp3) is 0.615. The summed E-state index contributed by atoms with van der Waals surface area (Å²) in [6, 6.07) is 3.61. The zero-order chi connectivity index (χ0) is 14.6. The topological polar surface area (TPSA) is 68.7 Å². The van der Waals surface area contributed by atoms with Crippen LogP contribution in [-0.4, -0.2) is 55.9 Å². The molecule has 112 valence electrons. The van der Waals surface area contributed by atoms with Gasteiger partial charge in [0.15, 0.2) is 0 Å². The minimum Gasteiger partial charge on any atom is -0.487 e. The van der Waals surface area contributed by atoms with Crippen LogP contribution in [0.5, 0.6) is 5.75 Å². The van der Waals surface area contributed by atoms with Crippen molar-refractivity contribution in [2.75, 3.05) is 26.8 Å². The second kappa shape index (κ2) is 6.51. The molecular weight excluding hydrogens is 280 g/mol. The van der Waals surface area contributed by atoms with Crippen molar-refractivity contribution in [3.05, 3.63) is 24.5 Å². The van der Waals surface area contributed by atoms with Crippen molar-refractivity contribution >= 4 is 10.0 Å². The molecular formula is C13H20N2O4S. The number of hydrogen-bond donors (Lipinski definition) is 0. The van der Waals surface area contributed by atoms with Crippen LogP contribution >= 0.6 is 0 Å². The number of hydrogen-bond acceptors (Lipinski definition) is 5. The third kappa shape index (κ3) is 3.47. The molecule has 1 aromatic heterocycles. The lowest BCUT2D eigenvalue weighted by atomic mass is 10.3. The maximum absolute atomic E-state index is 12.3. The van der Waals surface area contributed by atoms with E-state index in [-0.39, 0.29) is 12.7 Å². The van der Waals surface area contributed by atoms with Gasteiger partial charge in [-0.05, 0) is 25.5 Å². The van der Waals surface area contributed by atoms with E-state index in [0.29, 0.717) is 25.3 Å². The van der Waals surface area contributed by atoms with Gasteiger partial charge in [0.05, 0.1) is 24.6 Å². The van der Waals surface area contributed by atoms with Gasteiger partial charge in [0.25, 0.3) is 0 Å². The number of pyridine rings is 1. The number of methoxy groups -OCH3 is 1. The molecule has 0 aliphatic carbocycles. The fourth-order valence-corrected chi connectivity index (χ4v) is 3.76. The molecule has 1 fully saturated rings. The molecule has 0 N–H and O–H groups in total. The number of ether oxygens (including phenoxy) is 2. The van der Waals surface area contributed by atoms with Crippen LogP contribution in [0.4, 0.5) is 0 Å². The van der Waals surface area contributed by atoms with E-state index in [1.807, 2.05) is 6.07 Å². The Morgan fingerprint density at radius 1 is 1.55 bits per heavy atom. The predicted molar refractivity (Wildman–Crippen MR) is 75.1 cm³/mol. The van der Waals surface area contributed by atoms with Gasteiger partial charge in [-0.15, -0.1) is 0 Å². The lowest BCUT2D eigenvalue weighted by Gasteiger charge is -2.21. The van der Waals surface area contributed by atoms with E-state index in [9.17, 15) is 8.42 Å². The maximum Gasteiger partial charge on any atom is 0.219 e. The normalized spacial score (nSPS) is 21.8. The van der Waals surface area contributed by atoms with E-state index in [2.05, 4.69) is 4.98 Å². The molecule has 0 unspecified atom stereocenters. The van der Waals surface area contributed by atoms with Gasteiger partial charge >= 0.3 is 0 Å². The minimum absolute atomic E-state index is 0.122. The lowest BCUT2D eigenvalue weighted by molar-refractivity contribution is 0.196. The van der Waals surface area contributed by atoms with Crippen LogP contribution in [0.25, 0.3) is 0 Å². The molecule has 2 rings (SSSR count). The highest BCUT2D eigenvalue weighted by Gasteiger charge is 2.35. The first-order chi connectivity index (χ1) is 9.54. The summed E-state index contributed by atoms with van der Waals surface area (Å²) in [5.74, 6) is 0.668. The molecule has 2 heterocycles. The molecule has 1 aromatic rings. The summed E-state index contributed by atoms with van der Waals surface area (Å²) in [6.45, 7) is 2.73. The Kier molecular flexibility index (Phi) is 4.95. The summed E-state index contributed by atoms with van der Waals surface area (Å²) in [4.78, 5) is 3.97. The second-order valence-corrected chi connectivity index (χ2v) is 7.24. The third-order valence-corrected chi connectivity index (χ3v) is 5.52. The van der Waals surface area contributed by atoms with Crippen LogP contribution in [0.15, 0.2) is 24.5 Å². The summed E-state index contributed by atoms with van der Waals surface area (Å²) in [5.41, 5.74) is 0. The molecule has 2 atom stereocenters. The number of rotatable bonds is 6. The summed E-state index contributed by atoms with van der Waals surface area (Å²) < 4.78 is 36.7. The lowest BCUT2D eigenvalue weighted by Crippen LogP contribution is -2.38. The van der Waals surface area contributed by atoms with Crippen LogP contribution < -0.4 is 4.74 Å². The maximum atomic E-state index is 12.3. The Labute approximate surface area is 119 Å². The first-order valence-corrected chi connectivity index (χ1v) is 8.09. The highest BCUT2D eigenvalue weighted by atomic mass is 32.2. The van der Waals surface area contributed by atoms with Crippen molar-refractivity contribution in [2.24, 2.45) is 0 Å². The molecule has 0 radical (unpaired) electrons. The van der Waals surface area contributed by atoms with E-state index in [1.165, 1.54) is 11.4 Å². The molecule has 0 aromatic carbocycles. The van der Waals surface area contributed by atoms with Gasteiger partial charge in [0, 0.05) is 19.9 Å². The summed E-state index contributed by atoms with van der Waals surface area (Å²) >= 11 is 0. The van der Waals surface area contributed by atoms with Crippen molar-refractivity contribution < 1.29 is 17.9 Å². The number of nitrogens with zero attached hydrogens (tertiary/aromatic N) is 2. The van der Waals surface area contributed by atoms with E-state index in [0.717, 1.165) is 0 Å². The molecule has 1 saturated heterocycles. The average molecular weight is 300 g/mol. The van der Waals surface area contributed by atoms with Crippen LogP contribution in [0, 0.1) is 0 Å². The second-order valence-electron chi connectivity index (χ2n) is 4.89. The number of sulfonamides is 1. The first-order valence-electron chi connectivity index (χ1n) is 6.58. The van der Waals surface area contributed by atoms with Crippen molar-refractivity contribution in [3.8, 4) is 5.75 Å². The summed E-state index contributed by atoms with van der Waals surface area (Å²) in [7, 11) is -1.81. The first kappa shape index (κ1) is 15.2. The molecule has 0 amide bonds. The Morgan fingerprint density at radius 2 is 2.35 bits per heavy atom. The molecule has 1 aliphatic heterocycles. The molecule has 1 aliphatic rings. The molecule has 6 nitrogen and oxygen atoms in total. The Bertz CT molecular complexity index is 520. The van der Waals surface area contributed by atoms with Crippen LogP contribution in [0.3, 0.4) is 0 Å². The van der Waals surface area contributed by atoms with Crippen LogP contribution in [0.1, 0.15) is 13.3 Å². The summed E-state index contributed by atoms with van der Waals surface area (Å²) in [6.07, 6.45) is 3.87. The monoisotopic (exact) mass is 300 g/mol. The smallest absolute Gasteiger partial charge is 0.219 e. The van der Waals surface area contributed by atoms with E-state index < -0.39 is 15.3 Å². The van der Waals surface area contributed by atoms with Gasteiger partial charge in [-0.3, -0.25) is 4.98 Å². The quantitative estimate of drug-likeness (QED) is 0.781. The molecule has 0 saturated carbocycles. The van der Waals surface area contributed by atoms with Crippen molar-refractivity contribution in [1.82, 2.24) is 9.29 Å². The molecule has 20 heavy (non-hydrogen) atoms. The van der Waals surface area contributed by atoms with Crippen molar-refractivity contribution in [2.45, 2.75) is 24.7 Å². The zero-order valence-corrected chi connectivity index (χ0v) is 12.5. The average Bonchev–Trinajstić information content (AvgIpc) is 2.89. The van der Waals surface area contributed by atoms with Crippen LogP contribution in [-0.2, 0) is 14.8 Å². The standard InChI is InChI=1S/C13H20N2O4S/c1-11(10-18-2)20(16,17)15-7-5-13(9-15)19-12-4-3-6-14-8-12/h3-4,6,8,11,13H,5,7,9-10H2,1-2H3/t11-,13+/m0/s1. The largest absolute Gasteiger partial charge is 0.487 e. The Balaban J connectivity index is 1.95. The third-order valence-electron chi connectivity index (χ3n) is 3.31.